The van der Waals surface area contributed by atoms with Gasteiger partial charge >= 0.3 is 6.18 Å². The zero-order valence-corrected chi connectivity index (χ0v) is 21.3. The number of pyridine rings is 1. The van der Waals surface area contributed by atoms with Gasteiger partial charge in [-0.25, -0.2) is 4.39 Å². The topological polar surface area (TPSA) is 73.4 Å². The number of aryl methyl sites for hydroxylation is 1. The van der Waals surface area contributed by atoms with Gasteiger partial charge in [0.2, 0.25) is 5.56 Å². The molecule has 1 unspecified atom stereocenters. The van der Waals surface area contributed by atoms with Gasteiger partial charge in [0.15, 0.2) is 5.78 Å². The SMILES string of the molecule is CCC(CCO)c1cc(F)ccc1N(CC)c1cc(C(F)(F)F)ccc1C(C)=O.Cc1ccc(=O)[nH]c1. The van der Waals surface area contributed by atoms with Crippen molar-refractivity contribution >= 4 is 17.2 Å². The summed E-state index contributed by atoms with van der Waals surface area (Å²) in [4.78, 5) is 26.6. The number of hydrogen-bond acceptors (Lipinski definition) is 4. The highest BCUT2D eigenvalue weighted by atomic mass is 19.4. The number of anilines is 2. The van der Waals surface area contributed by atoms with Gasteiger partial charge in [-0.3, -0.25) is 9.59 Å². The number of H-pyrrole nitrogens is 1. The second-order valence-electron chi connectivity index (χ2n) is 8.58. The molecule has 0 fully saturated rings. The molecule has 0 saturated heterocycles. The fraction of sp³-hybridized carbons (Fsp3) is 0.357. The van der Waals surface area contributed by atoms with E-state index in [1.807, 2.05) is 13.8 Å². The number of rotatable bonds is 8. The van der Waals surface area contributed by atoms with Gasteiger partial charge in [0.25, 0.3) is 0 Å². The van der Waals surface area contributed by atoms with Crippen LogP contribution in [0.15, 0.2) is 59.5 Å². The molecule has 5 nitrogen and oxygen atoms in total. The molecule has 1 aromatic heterocycles. The Balaban J connectivity index is 0.000000510. The highest BCUT2D eigenvalue weighted by Gasteiger charge is 2.32. The van der Waals surface area contributed by atoms with Crippen LogP contribution in [0.4, 0.5) is 28.9 Å². The van der Waals surface area contributed by atoms with Gasteiger partial charge in [0, 0.05) is 36.7 Å². The number of aromatic nitrogens is 1. The Morgan fingerprint density at radius 2 is 1.76 bits per heavy atom. The van der Waals surface area contributed by atoms with E-state index in [9.17, 15) is 32.3 Å². The second kappa shape index (κ2) is 13.2. The highest BCUT2D eigenvalue weighted by Crippen LogP contribution is 2.40. The summed E-state index contributed by atoms with van der Waals surface area (Å²) >= 11 is 0. The number of benzene rings is 2. The minimum atomic E-state index is -4.56. The van der Waals surface area contributed by atoms with Crippen LogP contribution in [0, 0.1) is 12.7 Å². The van der Waals surface area contributed by atoms with E-state index in [1.165, 1.54) is 37.3 Å². The number of aliphatic hydroxyl groups excluding tert-OH is 1. The standard InChI is InChI=1S/C22H25F4NO2.C6H7NO/c1-4-15(10-11-28)19-13-17(23)7-9-20(19)27(5-2)21-12-16(22(24,25)26)6-8-18(21)14(3)29;1-5-2-3-6(8)7-4-5/h6-9,12-13,15,28H,4-5,10-11H2,1-3H3;2-4H,1H3,(H,7,8). The number of alkyl halides is 3. The molecule has 1 atom stereocenters. The van der Waals surface area contributed by atoms with Gasteiger partial charge in [-0.1, -0.05) is 13.0 Å². The first-order valence-electron chi connectivity index (χ1n) is 12.0. The molecule has 2 aromatic carbocycles. The Morgan fingerprint density at radius 1 is 1.05 bits per heavy atom. The lowest BCUT2D eigenvalue weighted by Crippen LogP contribution is -2.22. The minimum Gasteiger partial charge on any atom is -0.396 e. The maximum atomic E-state index is 14.0. The largest absolute Gasteiger partial charge is 0.416 e. The predicted octanol–water partition coefficient (Wildman–Crippen LogP) is 6.76. The molecule has 0 aliphatic rings. The molecule has 0 saturated carbocycles. The summed E-state index contributed by atoms with van der Waals surface area (Å²) in [5.74, 6) is -1.00. The lowest BCUT2D eigenvalue weighted by atomic mass is 9.91. The Bertz CT molecular complexity index is 1230. The predicted molar refractivity (Wildman–Crippen MR) is 137 cm³/mol. The molecule has 0 aliphatic heterocycles. The summed E-state index contributed by atoms with van der Waals surface area (Å²) in [7, 11) is 0. The quantitative estimate of drug-likeness (QED) is 0.254. The van der Waals surface area contributed by atoms with Crippen LogP contribution in [-0.2, 0) is 6.18 Å². The molecular formula is C28H32F4N2O3. The van der Waals surface area contributed by atoms with E-state index in [2.05, 4.69) is 4.98 Å². The molecule has 3 aromatic rings. The number of carbonyl (C=O) groups is 1. The van der Waals surface area contributed by atoms with Gasteiger partial charge in [0.1, 0.15) is 5.82 Å². The van der Waals surface area contributed by atoms with Crippen LogP contribution in [0.1, 0.15) is 66.6 Å². The first-order chi connectivity index (χ1) is 17.4. The molecule has 0 radical (unpaired) electrons. The summed E-state index contributed by atoms with van der Waals surface area (Å²) in [6.07, 6.45) is -1.86. The van der Waals surface area contributed by atoms with Gasteiger partial charge in [-0.2, -0.15) is 13.2 Å². The summed E-state index contributed by atoms with van der Waals surface area (Å²) in [5, 5.41) is 9.37. The van der Waals surface area contributed by atoms with E-state index < -0.39 is 17.6 Å². The Morgan fingerprint density at radius 3 is 2.24 bits per heavy atom. The van der Waals surface area contributed by atoms with Crippen LogP contribution in [0.3, 0.4) is 0 Å². The molecule has 1 heterocycles. The van der Waals surface area contributed by atoms with Gasteiger partial charge in [-0.15, -0.1) is 0 Å². The highest BCUT2D eigenvalue weighted by molar-refractivity contribution is 6.00. The van der Waals surface area contributed by atoms with Crippen LogP contribution >= 0.6 is 0 Å². The van der Waals surface area contributed by atoms with Gasteiger partial charge in [0.05, 0.1) is 11.3 Å². The minimum absolute atomic E-state index is 0.0457. The molecule has 37 heavy (non-hydrogen) atoms. The molecule has 0 aliphatic carbocycles. The van der Waals surface area contributed by atoms with Crippen LogP contribution in [0.2, 0.25) is 0 Å². The van der Waals surface area contributed by atoms with Crippen LogP contribution in [-0.4, -0.2) is 29.0 Å². The number of halogens is 4. The molecule has 9 heteroatoms. The molecular weight excluding hydrogens is 488 g/mol. The van der Waals surface area contributed by atoms with Crippen molar-refractivity contribution in [2.45, 2.75) is 52.6 Å². The molecule has 0 bridgehead atoms. The van der Waals surface area contributed by atoms with Crippen molar-refractivity contribution in [3.05, 3.63) is 93.2 Å². The number of aliphatic hydroxyl groups is 1. The lowest BCUT2D eigenvalue weighted by Gasteiger charge is -2.30. The third-order valence-electron chi connectivity index (χ3n) is 5.94. The van der Waals surface area contributed by atoms with Crippen molar-refractivity contribution in [3.63, 3.8) is 0 Å². The molecule has 3 rings (SSSR count). The van der Waals surface area contributed by atoms with Crippen molar-refractivity contribution < 1.29 is 27.5 Å². The van der Waals surface area contributed by atoms with Crippen molar-refractivity contribution in [2.75, 3.05) is 18.1 Å². The van der Waals surface area contributed by atoms with E-state index in [-0.39, 0.29) is 41.7 Å². The first-order valence-corrected chi connectivity index (χ1v) is 12.0. The average Bonchev–Trinajstić information content (AvgIpc) is 2.85. The number of carbonyl (C=O) groups excluding carboxylic acids is 1. The summed E-state index contributed by atoms with van der Waals surface area (Å²) in [5.41, 5.74) is 1.57. The van der Waals surface area contributed by atoms with Crippen molar-refractivity contribution in [1.82, 2.24) is 4.98 Å². The summed E-state index contributed by atoms with van der Waals surface area (Å²) in [6, 6.07) is 10.4. The average molecular weight is 521 g/mol. The van der Waals surface area contributed by atoms with Crippen molar-refractivity contribution in [1.29, 1.82) is 0 Å². The van der Waals surface area contributed by atoms with Gasteiger partial charge in [-0.05, 0) is 87.1 Å². The number of nitrogens with one attached hydrogen (secondary N) is 1. The fourth-order valence-corrected chi connectivity index (χ4v) is 4.02. The van der Waals surface area contributed by atoms with E-state index in [1.54, 1.807) is 24.1 Å². The third kappa shape index (κ3) is 8.01. The molecule has 0 spiro atoms. The van der Waals surface area contributed by atoms with E-state index >= 15 is 0 Å². The van der Waals surface area contributed by atoms with E-state index in [0.717, 1.165) is 17.7 Å². The summed E-state index contributed by atoms with van der Waals surface area (Å²) < 4.78 is 53.9. The number of nitrogens with zero attached hydrogens (tertiary/aromatic N) is 1. The number of aromatic amines is 1. The van der Waals surface area contributed by atoms with Crippen LogP contribution in [0.5, 0.6) is 0 Å². The first kappa shape index (κ1) is 29.8. The number of Topliss-reactive ketones (excluding diaryl/α,β-unsaturated/α-hetero) is 1. The monoisotopic (exact) mass is 520 g/mol. The Labute approximate surface area is 213 Å². The zero-order chi connectivity index (χ0) is 27.8. The van der Waals surface area contributed by atoms with Crippen molar-refractivity contribution in [3.8, 4) is 0 Å². The van der Waals surface area contributed by atoms with Crippen molar-refractivity contribution in [2.24, 2.45) is 0 Å². The Kier molecular flexibility index (Phi) is 10.6. The third-order valence-corrected chi connectivity index (χ3v) is 5.94. The molecule has 0 amide bonds. The maximum absolute atomic E-state index is 14.0. The second-order valence-corrected chi connectivity index (χ2v) is 8.58. The fourth-order valence-electron chi connectivity index (χ4n) is 4.02. The smallest absolute Gasteiger partial charge is 0.396 e. The number of ketones is 1. The van der Waals surface area contributed by atoms with Crippen LogP contribution < -0.4 is 10.5 Å². The van der Waals surface area contributed by atoms with E-state index in [4.69, 9.17) is 0 Å². The normalized spacial score (nSPS) is 11.9. The number of hydrogen-bond donors (Lipinski definition) is 2. The van der Waals surface area contributed by atoms with E-state index in [0.29, 0.717) is 24.1 Å². The summed E-state index contributed by atoms with van der Waals surface area (Å²) in [6.45, 7) is 7.06. The maximum Gasteiger partial charge on any atom is 0.416 e. The lowest BCUT2D eigenvalue weighted by molar-refractivity contribution is -0.137. The van der Waals surface area contributed by atoms with Crippen LogP contribution in [0.25, 0.3) is 0 Å². The molecule has 2 N–H and O–H groups in total. The van der Waals surface area contributed by atoms with Gasteiger partial charge < -0.3 is 15.0 Å². The zero-order valence-electron chi connectivity index (χ0n) is 21.3. The Hall–Kier alpha value is -3.46. The molecule has 200 valence electrons.